The number of furan rings is 1. The van der Waals surface area contributed by atoms with Crippen molar-refractivity contribution in [2.45, 2.75) is 52.0 Å². The number of halogens is 1. The van der Waals surface area contributed by atoms with Gasteiger partial charge < -0.3 is 24.5 Å². The predicted molar refractivity (Wildman–Crippen MR) is 135 cm³/mol. The van der Waals surface area contributed by atoms with Crippen molar-refractivity contribution in [3.8, 4) is 0 Å². The molecular formula is C23H41IN4O3. The topological polar surface area (TPSA) is 71.3 Å². The third kappa shape index (κ3) is 7.91. The fourth-order valence-corrected chi connectivity index (χ4v) is 4.69. The van der Waals surface area contributed by atoms with Crippen molar-refractivity contribution in [3.63, 3.8) is 0 Å². The molecule has 8 heteroatoms. The smallest absolute Gasteiger partial charge is 0.191 e. The van der Waals surface area contributed by atoms with E-state index in [0.29, 0.717) is 5.41 Å². The Labute approximate surface area is 204 Å². The van der Waals surface area contributed by atoms with Crippen LogP contribution < -0.4 is 10.6 Å². The average molecular weight is 549 g/mol. The Morgan fingerprint density at radius 3 is 2.58 bits per heavy atom. The first-order valence-corrected chi connectivity index (χ1v) is 11.6. The molecule has 1 atom stereocenters. The molecular weight excluding hydrogens is 507 g/mol. The Balaban J connectivity index is 0.00000341. The van der Waals surface area contributed by atoms with Gasteiger partial charge in [-0.2, -0.15) is 0 Å². The molecule has 1 aromatic rings. The van der Waals surface area contributed by atoms with Crippen LogP contribution in [0.3, 0.4) is 0 Å². The summed E-state index contributed by atoms with van der Waals surface area (Å²) in [5.74, 6) is 2.81. The van der Waals surface area contributed by atoms with E-state index in [9.17, 15) is 0 Å². The highest BCUT2D eigenvalue weighted by Gasteiger charge is 2.33. The van der Waals surface area contributed by atoms with Crippen LogP contribution in [0.25, 0.3) is 0 Å². The van der Waals surface area contributed by atoms with Gasteiger partial charge in [0.2, 0.25) is 0 Å². The summed E-state index contributed by atoms with van der Waals surface area (Å²) in [6, 6.07) is 4.30. The van der Waals surface area contributed by atoms with Crippen molar-refractivity contribution in [1.29, 1.82) is 0 Å². The predicted octanol–water partition coefficient (Wildman–Crippen LogP) is 3.73. The second kappa shape index (κ2) is 13.6. The Morgan fingerprint density at radius 1 is 1.23 bits per heavy atom. The molecule has 2 aliphatic rings. The molecule has 1 unspecified atom stereocenters. The number of hydrogen-bond acceptors (Lipinski definition) is 5. The monoisotopic (exact) mass is 548 g/mol. The summed E-state index contributed by atoms with van der Waals surface area (Å²) >= 11 is 0. The highest BCUT2D eigenvalue weighted by molar-refractivity contribution is 14.0. The molecule has 3 rings (SSSR count). The SMILES string of the molecule is CCOCCC1(CNC(=NC)NCC(c2ccc(C)o2)N2CCOCC2)CCCC1.I. The minimum Gasteiger partial charge on any atom is -0.465 e. The molecule has 0 amide bonds. The van der Waals surface area contributed by atoms with Crippen LogP contribution in [-0.4, -0.2) is 70.5 Å². The quantitative estimate of drug-likeness (QED) is 0.201. The number of aryl methyl sites for hydroxylation is 1. The number of guanidine groups is 1. The summed E-state index contributed by atoms with van der Waals surface area (Å²) in [6.45, 7) is 10.8. The van der Waals surface area contributed by atoms with Crippen molar-refractivity contribution in [1.82, 2.24) is 15.5 Å². The molecule has 1 saturated carbocycles. The van der Waals surface area contributed by atoms with Gasteiger partial charge in [-0.3, -0.25) is 9.89 Å². The summed E-state index contributed by atoms with van der Waals surface area (Å²) in [5.41, 5.74) is 0.328. The molecule has 1 aromatic heterocycles. The van der Waals surface area contributed by atoms with Crippen LogP contribution in [0.4, 0.5) is 0 Å². The van der Waals surface area contributed by atoms with Gasteiger partial charge in [-0.05, 0) is 50.7 Å². The van der Waals surface area contributed by atoms with Gasteiger partial charge in [0, 0.05) is 46.4 Å². The molecule has 178 valence electrons. The highest BCUT2D eigenvalue weighted by Crippen LogP contribution is 2.40. The molecule has 7 nitrogen and oxygen atoms in total. The lowest BCUT2D eigenvalue weighted by molar-refractivity contribution is 0.0124. The van der Waals surface area contributed by atoms with Gasteiger partial charge in [0.05, 0.1) is 19.3 Å². The summed E-state index contributed by atoms with van der Waals surface area (Å²) in [7, 11) is 1.84. The molecule has 31 heavy (non-hydrogen) atoms. The first-order chi connectivity index (χ1) is 14.7. The zero-order chi connectivity index (χ0) is 21.2. The number of rotatable bonds is 10. The molecule has 0 radical (unpaired) electrons. The van der Waals surface area contributed by atoms with E-state index in [4.69, 9.17) is 13.9 Å². The molecule has 1 aliphatic heterocycles. The first kappa shape index (κ1) is 26.4. The number of morpholine rings is 1. The van der Waals surface area contributed by atoms with E-state index in [1.165, 1.54) is 25.7 Å². The largest absolute Gasteiger partial charge is 0.465 e. The minimum absolute atomic E-state index is 0. The normalized spacial score (nSPS) is 20.3. The van der Waals surface area contributed by atoms with E-state index >= 15 is 0 Å². The summed E-state index contributed by atoms with van der Waals surface area (Å²) in [4.78, 5) is 6.92. The summed E-state index contributed by atoms with van der Waals surface area (Å²) < 4.78 is 17.2. The Bertz CT molecular complexity index is 655. The summed E-state index contributed by atoms with van der Waals surface area (Å²) in [6.07, 6.45) is 6.29. The van der Waals surface area contributed by atoms with Crippen LogP contribution in [0.2, 0.25) is 0 Å². The molecule has 1 saturated heterocycles. The van der Waals surface area contributed by atoms with Crippen molar-refractivity contribution in [2.75, 3.05) is 59.7 Å². The zero-order valence-corrected chi connectivity index (χ0v) is 21.8. The molecule has 0 spiro atoms. The Hall–Kier alpha value is -0.840. The van der Waals surface area contributed by atoms with E-state index in [2.05, 4.69) is 33.5 Å². The Kier molecular flexibility index (Phi) is 11.6. The molecule has 2 N–H and O–H groups in total. The zero-order valence-electron chi connectivity index (χ0n) is 19.5. The molecule has 1 aliphatic carbocycles. The van der Waals surface area contributed by atoms with Gasteiger partial charge >= 0.3 is 0 Å². The van der Waals surface area contributed by atoms with Crippen LogP contribution >= 0.6 is 24.0 Å². The van der Waals surface area contributed by atoms with E-state index < -0.39 is 0 Å². The van der Waals surface area contributed by atoms with Crippen LogP contribution in [0.15, 0.2) is 21.5 Å². The number of nitrogens with one attached hydrogen (secondary N) is 2. The maximum Gasteiger partial charge on any atom is 0.191 e. The van der Waals surface area contributed by atoms with E-state index in [1.807, 2.05) is 20.0 Å². The number of hydrogen-bond donors (Lipinski definition) is 2. The summed E-state index contributed by atoms with van der Waals surface area (Å²) in [5, 5.41) is 7.15. The molecule has 2 fully saturated rings. The molecule has 0 bridgehead atoms. The lowest BCUT2D eigenvalue weighted by atomic mass is 9.83. The van der Waals surface area contributed by atoms with Crippen molar-refractivity contribution in [2.24, 2.45) is 10.4 Å². The van der Waals surface area contributed by atoms with Gasteiger partial charge in [-0.25, -0.2) is 0 Å². The molecule has 2 heterocycles. The van der Waals surface area contributed by atoms with E-state index in [0.717, 1.165) is 76.5 Å². The standard InChI is InChI=1S/C23H40N4O3.HI/c1-4-28-14-11-23(9-5-6-10-23)18-26-22(24-3)25-17-20(21-8-7-19(2)30-21)27-12-15-29-16-13-27;/h7-8,20H,4-6,9-18H2,1-3H3,(H2,24,25,26);1H. The van der Waals surface area contributed by atoms with Gasteiger partial charge in [0.25, 0.3) is 0 Å². The number of aliphatic imine (C=N–C) groups is 1. The van der Waals surface area contributed by atoms with Gasteiger partial charge in [0.1, 0.15) is 11.5 Å². The van der Waals surface area contributed by atoms with E-state index in [1.54, 1.807) is 0 Å². The lowest BCUT2D eigenvalue weighted by Crippen LogP contribution is -2.48. The second-order valence-electron chi connectivity index (χ2n) is 8.57. The fourth-order valence-electron chi connectivity index (χ4n) is 4.69. The van der Waals surface area contributed by atoms with Crippen molar-refractivity contribution in [3.05, 3.63) is 23.7 Å². The van der Waals surface area contributed by atoms with Gasteiger partial charge in [-0.15, -0.1) is 24.0 Å². The fraction of sp³-hybridized carbons (Fsp3) is 0.783. The van der Waals surface area contributed by atoms with Crippen LogP contribution in [-0.2, 0) is 9.47 Å². The van der Waals surface area contributed by atoms with Crippen molar-refractivity contribution < 1.29 is 13.9 Å². The van der Waals surface area contributed by atoms with Crippen molar-refractivity contribution >= 4 is 29.9 Å². The minimum atomic E-state index is 0. The first-order valence-electron chi connectivity index (χ1n) is 11.6. The van der Waals surface area contributed by atoms with Crippen LogP contribution in [0.5, 0.6) is 0 Å². The lowest BCUT2D eigenvalue weighted by Gasteiger charge is -2.34. The van der Waals surface area contributed by atoms with E-state index in [-0.39, 0.29) is 30.0 Å². The molecule has 0 aromatic carbocycles. The third-order valence-corrected chi connectivity index (χ3v) is 6.54. The number of nitrogens with zero attached hydrogens (tertiary/aromatic N) is 2. The second-order valence-corrected chi connectivity index (χ2v) is 8.57. The van der Waals surface area contributed by atoms with Gasteiger partial charge in [0.15, 0.2) is 5.96 Å². The van der Waals surface area contributed by atoms with Crippen LogP contribution in [0, 0.1) is 12.3 Å². The maximum atomic E-state index is 5.98. The maximum absolute atomic E-state index is 5.98. The third-order valence-electron chi connectivity index (χ3n) is 6.54. The Morgan fingerprint density at radius 2 is 1.97 bits per heavy atom. The number of ether oxygens (including phenoxy) is 2. The average Bonchev–Trinajstić information content (AvgIpc) is 3.41. The van der Waals surface area contributed by atoms with Gasteiger partial charge in [-0.1, -0.05) is 12.8 Å². The van der Waals surface area contributed by atoms with Crippen LogP contribution in [0.1, 0.15) is 56.6 Å². The highest BCUT2D eigenvalue weighted by atomic mass is 127.